The number of nitrogens with zero attached hydrogens (tertiary/aromatic N) is 9. The van der Waals surface area contributed by atoms with Crippen molar-refractivity contribution in [2.75, 3.05) is 0 Å². The van der Waals surface area contributed by atoms with Crippen LogP contribution in [0.3, 0.4) is 0 Å². The summed E-state index contributed by atoms with van der Waals surface area (Å²) in [5.41, 5.74) is 19.0. The van der Waals surface area contributed by atoms with Crippen LogP contribution >= 0.6 is 0 Å². The molecule has 0 unspecified atom stereocenters. The number of aromatic nitrogens is 9. The zero-order valence-corrected chi connectivity index (χ0v) is 59.8. The van der Waals surface area contributed by atoms with Gasteiger partial charge in [0.25, 0.3) is 0 Å². The summed E-state index contributed by atoms with van der Waals surface area (Å²) in [6.45, 7) is 0. The molecule has 0 N–H and O–H groups in total. The number of alkyl halides is 3. The van der Waals surface area contributed by atoms with Crippen molar-refractivity contribution in [3.63, 3.8) is 0 Å². The third-order valence-corrected chi connectivity index (χ3v) is 22.9. The van der Waals surface area contributed by atoms with Gasteiger partial charge in [-0.2, -0.15) is 13.2 Å². The molecule has 23 rings (SSSR count). The fourth-order valence-electron chi connectivity index (χ4n) is 18.0. The van der Waals surface area contributed by atoms with Crippen LogP contribution in [0.15, 0.2) is 364 Å². The first-order valence-corrected chi connectivity index (χ1v) is 37.6. The largest absolute Gasteiger partial charge is 0.416 e. The molecule has 0 saturated carbocycles. The van der Waals surface area contributed by atoms with E-state index in [0.29, 0.717) is 56.6 Å². The van der Waals surface area contributed by atoms with Crippen LogP contribution in [0.1, 0.15) is 5.56 Å². The van der Waals surface area contributed by atoms with Crippen molar-refractivity contribution in [2.24, 2.45) is 0 Å². The topological polar surface area (TPSA) is 68.2 Å². The van der Waals surface area contributed by atoms with Crippen molar-refractivity contribution in [1.82, 2.24) is 42.4 Å². The minimum absolute atomic E-state index is 0.316. The Morgan fingerprint density at radius 3 is 0.759 bits per heavy atom. The molecule has 23 aromatic rings. The molecule has 0 spiro atoms. The van der Waals surface area contributed by atoms with Crippen LogP contribution in [-0.2, 0) is 6.18 Å². The van der Waals surface area contributed by atoms with E-state index in [1.54, 1.807) is 6.07 Å². The van der Waals surface area contributed by atoms with Crippen LogP contribution in [0.25, 0.3) is 210 Å². The van der Waals surface area contributed by atoms with E-state index in [-0.39, 0.29) is 0 Å². The second-order valence-electron chi connectivity index (χ2n) is 29.0. The van der Waals surface area contributed by atoms with Crippen molar-refractivity contribution in [2.45, 2.75) is 6.18 Å². The fraction of sp³-hybridized carbons (Fsp3) is 0.0100. The van der Waals surface area contributed by atoms with Gasteiger partial charge in [0, 0.05) is 115 Å². The van der Waals surface area contributed by atoms with Crippen LogP contribution in [0.5, 0.6) is 0 Å². The number of rotatable bonds is 10. The van der Waals surface area contributed by atoms with E-state index in [9.17, 15) is 0 Å². The van der Waals surface area contributed by atoms with Gasteiger partial charge in [-0.15, -0.1) is 0 Å². The summed E-state index contributed by atoms with van der Waals surface area (Å²) in [5, 5.41) is 12.7. The highest BCUT2D eigenvalue weighted by atomic mass is 19.4. The summed E-state index contributed by atoms with van der Waals surface area (Å²) in [7, 11) is 0. The Balaban J connectivity index is 0.834. The van der Waals surface area contributed by atoms with Crippen molar-refractivity contribution < 1.29 is 13.2 Å². The lowest BCUT2D eigenvalue weighted by Crippen LogP contribution is -2.08. The van der Waals surface area contributed by atoms with Gasteiger partial charge in [-0.25, -0.2) is 15.0 Å². The minimum atomic E-state index is -4.76. The summed E-state index contributed by atoms with van der Waals surface area (Å²) in [5.74, 6) is 1.32. The molecule has 0 aliphatic rings. The van der Waals surface area contributed by atoms with Gasteiger partial charge in [0.2, 0.25) is 0 Å². The Bertz CT molecular complexity index is 7270. The monoisotopic (exact) mass is 1440 g/mol. The molecule has 0 aliphatic heterocycles. The molecule has 112 heavy (non-hydrogen) atoms. The number of hydrogen-bond donors (Lipinski definition) is 0. The fourth-order valence-corrected chi connectivity index (χ4v) is 18.0. The van der Waals surface area contributed by atoms with Crippen LogP contribution in [0.4, 0.5) is 13.2 Å². The maximum absolute atomic E-state index is 16.4. The molecule has 0 fully saturated rings. The lowest BCUT2D eigenvalue weighted by Gasteiger charge is -2.21. The number of fused-ring (bicyclic) bond motifs is 18. The van der Waals surface area contributed by atoms with Gasteiger partial charge in [-0.1, -0.05) is 212 Å². The highest BCUT2D eigenvalue weighted by Gasteiger charge is 2.34. The zero-order chi connectivity index (χ0) is 74.0. The summed E-state index contributed by atoms with van der Waals surface area (Å²) in [6.07, 6.45) is -4.76. The number of halogens is 3. The molecule has 0 aliphatic carbocycles. The highest BCUT2D eigenvalue weighted by Crippen LogP contribution is 2.48. The zero-order valence-electron chi connectivity index (χ0n) is 59.8. The summed E-state index contributed by atoms with van der Waals surface area (Å²) in [4.78, 5) is 15.8. The Morgan fingerprint density at radius 2 is 0.455 bits per heavy atom. The van der Waals surface area contributed by atoms with Crippen molar-refractivity contribution in [3.05, 3.63) is 370 Å². The maximum atomic E-state index is 16.4. The average molecular weight is 1440 g/mol. The van der Waals surface area contributed by atoms with Gasteiger partial charge < -0.3 is 27.4 Å². The van der Waals surface area contributed by atoms with Crippen LogP contribution in [0, 0.1) is 0 Å². The molecule has 526 valence electrons. The van der Waals surface area contributed by atoms with E-state index in [4.69, 9.17) is 15.0 Å². The predicted molar refractivity (Wildman–Crippen MR) is 453 cm³/mol. The third kappa shape index (κ3) is 9.54. The third-order valence-electron chi connectivity index (χ3n) is 22.9. The van der Waals surface area contributed by atoms with Crippen molar-refractivity contribution in [3.8, 4) is 79.4 Å². The molecule has 9 nitrogen and oxygen atoms in total. The first-order valence-electron chi connectivity index (χ1n) is 37.6. The second kappa shape index (κ2) is 24.3. The minimum Gasteiger partial charge on any atom is -0.309 e. The molecule has 0 amide bonds. The molecule has 16 aromatic carbocycles. The van der Waals surface area contributed by atoms with Gasteiger partial charge >= 0.3 is 6.18 Å². The normalized spacial score (nSPS) is 12.2. The molecule has 12 heteroatoms. The quantitative estimate of drug-likeness (QED) is 0.137. The molecule has 7 heterocycles. The van der Waals surface area contributed by atoms with E-state index < -0.39 is 11.7 Å². The van der Waals surface area contributed by atoms with Gasteiger partial charge in [-0.05, 0) is 152 Å². The van der Waals surface area contributed by atoms with Gasteiger partial charge in [-0.3, -0.25) is 0 Å². The lowest BCUT2D eigenvalue weighted by atomic mass is 9.96. The maximum Gasteiger partial charge on any atom is 0.416 e. The summed E-state index contributed by atoms with van der Waals surface area (Å²) >= 11 is 0. The van der Waals surface area contributed by atoms with E-state index in [1.807, 2.05) is 66.7 Å². The van der Waals surface area contributed by atoms with Crippen LogP contribution < -0.4 is 0 Å². The molecule has 7 aromatic heterocycles. The highest BCUT2D eigenvalue weighted by molar-refractivity contribution is 6.17. The van der Waals surface area contributed by atoms with E-state index in [2.05, 4.69) is 306 Å². The first kappa shape index (κ1) is 63.2. The molecular formula is C100H60F3N9. The number of para-hydroxylation sites is 8. The number of benzene rings is 16. The van der Waals surface area contributed by atoms with Crippen LogP contribution in [0.2, 0.25) is 0 Å². The average Bonchev–Trinajstić information content (AvgIpc) is 1.53. The summed E-state index contributed by atoms with van der Waals surface area (Å²) < 4.78 is 62.8. The second-order valence-corrected chi connectivity index (χ2v) is 29.0. The standard InChI is InChI=1S/C100H60F3N9/c101-100(102,103)64-44-49-77(96(56-64)112-94-53-47-67(109-87-39-19-11-31-73(87)74-32-12-20-40-88(74)109)59-81(94)82-60-68(48-54-95(82)112)110-89-41-21-13-33-75(89)76-34-14-22-42-90(76)110)78-55-63(99-105-97(61-23-3-1-4-24-61)104-98(106-99)62-25-5-2-6-26-62)43-50-91(78)111-92-51-45-65(107-83-35-15-7-27-69(83)70-28-8-16-36-84(70)107)57-79(92)80-58-66(46-52-93(80)111)108-85-37-17-9-29-71(85)72-30-10-18-38-86(72)108/h1-60H. The van der Waals surface area contributed by atoms with Crippen LogP contribution in [-0.4, -0.2) is 42.4 Å². The van der Waals surface area contributed by atoms with Crippen molar-refractivity contribution in [1.29, 1.82) is 0 Å². The summed E-state index contributed by atoms with van der Waals surface area (Å²) in [6, 6.07) is 125. The van der Waals surface area contributed by atoms with Gasteiger partial charge in [0.1, 0.15) is 0 Å². The predicted octanol–water partition coefficient (Wildman–Crippen LogP) is 26.1. The molecule has 0 bridgehead atoms. The smallest absolute Gasteiger partial charge is 0.309 e. The van der Waals surface area contributed by atoms with E-state index >= 15 is 13.2 Å². The Labute approximate surface area is 637 Å². The number of hydrogen-bond acceptors (Lipinski definition) is 3. The van der Waals surface area contributed by atoms with Crippen molar-refractivity contribution >= 4 is 131 Å². The van der Waals surface area contributed by atoms with E-state index in [1.165, 1.54) is 12.1 Å². The Kier molecular flexibility index (Phi) is 13.7. The van der Waals surface area contributed by atoms with E-state index in [0.717, 1.165) is 154 Å². The molecule has 0 atom stereocenters. The van der Waals surface area contributed by atoms with Gasteiger partial charge in [0.05, 0.1) is 83.1 Å². The molecular weight excluding hydrogens is 1380 g/mol. The lowest BCUT2D eigenvalue weighted by molar-refractivity contribution is -0.137. The van der Waals surface area contributed by atoms with Gasteiger partial charge in [0.15, 0.2) is 17.5 Å². The first-order chi connectivity index (χ1) is 55.2. The molecule has 0 saturated heterocycles. The Morgan fingerprint density at radius 1 is 0.188 bits per heavy atom. The Hall–Kier alpha value is -14.9. The molecule has 0 radical (unpaired) electrons. The SMILES string of the molecule is FC(F)(F)c1ccc(-c2cc(-c3nc(-c4ccccc4)nc(-c4ccccc4)n3)ccc2-n2c3ccc(-n4c5ccccc5c5ccccc54)cc3c3cc(-n4c5ccccc5c5ccccc54)ccc32)c(-n2c3ccc(-n4c5ccccc5c5ccccc54)cc3c3cc(-n4c5ccccc5c5ccccc54)ccc32)c1.